The van der Waals surface area contributed by atoms with Crippen LogP contribution in [0.15, 0.2) is 58.3 Å². The monoisotopic (exact) mass is 493 g/mol. The highest BCUT2D eigenvalue weighted by Crippen LogP contribution is 2.51. The summed E-state index contributed by atoms with van der Waals surface area (Å²) in [6.45, 7) is 4.92. The predicted molar refractivity (Wildman–Crippen MR) is 121 cm³/mol. The van der Waals surface area contributed by atoms with E-state index in [9.17, 15) is 26.0 Å². The van der Waals surface area contributed by atoms with Gasteiger partial charge in [-0.3, -0.25) is 4.79 Å². The summed E-state index contributed by atoms with van der Waals surface area (Å²) in [4.78, 5) is 13.7. The molecule has 1 amide bonds. The number of hydrogen-bond acceptors (Lipinski definition) is 6. The molecule has 168 valence electrons. The summed E-state index contributed by atoms with van der Waals surface area (Å²) in [6, 6.07) is 11.4. The van der Waals surface area contributed by atoms with Gasteiger partial charge in [-0.25, -0.2) is 25.5 Å². The van der Waals surface area contributed by atoms with Crippen molar-refractivity contribution in [3.8, 4) is 21.6 Å². The molecule has 0 unspecified atom stereocenters. The highest BCUT2D eigenvalue weighted by Gasteiger charge is 2.50. The Morgan fingerprint density at radius 3 is 1.94 bits per heavy atom. The maximum Gasteiger partial charge on any atom is 0.279 e. The molecule has 0 radical (unpaired) electrons. The molecule has 4 rings (SSSR count). The lowest BCUT2D eigenvalue weighted by Gasteiger charge is -2.30. The van der Waals surface area contributed by atoms with Gasteiger partial charge in [0.05, 0.1) is 10.4 Å². The molecule has 1 aliphatic rings. The normalized spacial score (nSPS) is 15.8. The summed E-state index contributed by atoms with van der Waals surface area (Å²) in [6.07, 6.45) is 1.08. The van der Waals surface area contributed by atoms with Crippen molar-refractivity contribution in [1.82, 2.24) is 4.31 Å². The number of carbonyl (C=O) groups excluding carboxylic acids is 1. The lowest BCUT2D eigenvalue weighted by molar-refractivity contribution is 0.0792. The third-order valence-corrected chi connectivity index (χ3v) is 9.63. The molecular formula is C22H20FNO5S3. The zero-order chi connectivity index (χ0) is 23.6. The van der Waals surface area contributed by atoms with E-state index in [0.29, 0.717) is 21.6 Å². The van der Waals surface area contributed by atoms with E-state index in [0.717, 1.165) is 21.9 Å². The molecule has 1 aliphatic heterocycles. The molecule has 0 saturated carbocycles. The molecule has 32 heavy (non-hydrogen) atoms. The van der Waals surface area contributed by atoms with Gasteiger partial charge in [0.25, 0.3) is 15.9 Å². The van der Waals surface area contributed by atoms with E-state index in [-0.39, 0.29) is 14.7 Å². The number of halogens is 1. The number of nitrogens with zero attached hydrogens (tertiary/aromatic N) is 1. The molecule has 2 heterocycles. The van der Waals surface area contributed by atoms with Crippen LogP contribution < -0.4 is 0 Å². The first-order valence-electron chi connectivity index (χ1n) is 9.56. The van der Waals surface area contributed by atoms with Crippen LogP contribution in [0.2, 0.25) is 0 Å². The highest BCUT2D eigenvalue weighted by atomic mass is 32.2. The largest absolute Gasteiger partial charge is 0.279 e. The average Bonchev–Trinajstić information content (AvgIpc) is 3.16. The molecular weight excluding hydrogens is 473 g/mol. The summed E-state index contributed by atoms with van der Waals surface area (Å²) in [7, 11) is -7.61. The summed E-state index contributed by atoms with van der Waals surface area (Å²) in [5.74, 6) is -1.06. The van der Waals surface area contributed by atoms with Crippen LogP contribution in [0, 0.1) is 5.82 Å². The van der Waals surface area contributed by atoms with Crippen LogP contribution in [-0.4, -0.2) is 38.8 Å². The number of hydrogen-bond donors (Lipinski definition) is 0. The van der Waals surface area contributed by atoms with Crippen molar-refractivity contribution in [1.29, 1.82) is 0 Å². The number of rotatable bonds is 3. The summed E-state index contributed by atoms with van der Waals surface area (Å²) < 4.78 is 65.1. The minimum Gasteiger partial charge on any atom is -0.267 e. The molecule has 0 fully saturated rings. The van der Waals surface area contributed by atoms with Crippen LogP contribution in [0.25, 0.3) is 21.6 Å². The van der Waals surface area contributed by atoms with Crippen molar-refractivity contribution >= 4 is 37.1 Å². The smallest absolute Gasteiger partial charge is 0.267 e. The average molecular weight is 494 g/mol. The van der Waals surface area contributed by atoms with E-state index >= 15 is 0 Å². The van der Waals surface area contributed by atoms with E-state index in [1.54, 1.807) is 20.8 Å². The van der Waals surface area contributed by atoms with Gasteiger partial charge in [-0.05, 0) is 56.2 Å². The SMILES string of the molecule is CC(C)(C)N1C(=O)c2sc(-c3ccc(F)cc3)c(-c3ccc(S(C)(=O)=O)cc3)c2S1(=O)=O. The summed E-state index contributed by atoms with van der Waals surface area (Å²) in [5, 5.41) is 0. The molecule has 3 aromatic rings. The van der Waals surface area contributed by atoms with Crippen LogP contribution in [0.1, 0.15) is 30.4 Å². The van der Waals surface area contributed by atoms with E-state index < -0.39 is 37.1 Å². The third kappa shape index (κ3) is 3.56. The molecule has 0 spiro atoms. The van der Waals surface area contributed by atoms with Gasteiger partial charge in [0.15, 0.2) is 9.84 Å². The van der Waals surface area contributed by atoms with Gasteiger partial charge >= 0.3 is 0 Å². The van der Waals surface area contributed by atoms with Crippen LogP contribution in [-0.2, 0) is 19.9 Å². The summed E-state index contributed by atoms with van der Waals surface area (Å²) >= 11 is 1.03. The predicted octanol–water partition coefficient (Wildman–Crippen LogP) is 4.57. The van der Waals surface area contributed by atoms with Crippen LogP contribution in [0.5, 0.6) is 0 Å². The van der Waals surface area contributed by atoms with Gasteiger partial charge in [-0.15, -0.1) is 11.3 Å². The zero-order valence-corrected chi connectivity index (χ0v) is 20.2. The maximum absolute atomic E-state index is 13.5. The molecule has 6 nitrogen and oxygen atoms in total. The van der Waals surface area contributed by atoms with Crippen molar-refractivity contribution in [3.63, 3.8) is 0 Å². The van der Waals surface area contributed by atoms with Gasteiger partial charge in [0, 0.05) is 16.7 Å². The Morgan fingerprint density at radius 1 is 0.906 bits per heavy atom. The number of benzene rings is 2. The van der Waals surface area contributed by atoms with Gasteiger partial charge in [0.1, 0.15) is 15.6 Å². The quantitative estimate of drug-likeness (QED) is 0.533. The first-order chi connectivity index (χ1) is 14.7. The Hall–Kier alpha value is -2.56. The molecule has 0 atom stereocenters. The van der Waals surface area contributed by atoms with Gasteiger partial charge < -0.3 is 0 Å². The van der Waals surface area contributed by atoms with Crippen LogP contribution in [0.3, 0.4) is 0 Å². The molecule has 0 saturated heterocycles. The van der Waals surface area contributed by atoms with Crippen molar-refractivity contribution in [2.45, 2.75) is 36.1 Å². The van der Waals surface area contributed by atoms with Crippen molar-refractivity contribution < 1.29 is 26.0 Å². The van der Waals surface area contributed by atoms with Gasteiger partial charge in [-0.2, -0.15) is 0 Å². The van der Waals surface area contributed by atoms with Crippen molar-refractivity contribution in [2.75, 3.05) is 6.26 Å². The Morgan fingerprint density at radius 2 is 1.44 bits per heavy atom. The zero-order valence-electron chi connectivity index (χ0n) is 17.7. The molecule has 1 aromatic heterocycles. The Kier molecular flexibility index (Phi) is 5.11. The number of sulfonamides is 1. The first-order valence-corrected chi connectivity index (χ1v) is 13.7. The molecule has 0 N–H and O–H groups in total. The fourth-order valence-electron chi connectivity index (χ4n) is 3.70. The fourth-order valence-corrected chi connectivity index (χ4v) is 8.06. The standard InChI is InChI=1S/C22H20FNO5S3/c1-22(2,3)24-21(25)19-20(32(24,28)29)17(13-7-11-16(12-8-13)31(4,26)27)18(30-19)14-5-9-15(23)10-6-14/h5-12H,1-4H3. The first kappa shape index (κ1) is 22.6. The van der Waals surface area contributed by atoms with E-state index in [1.807, 2.05) is 0 Å². The fraction of sp³-hybridized carbons (Fsp3) is 0.227. The lowest BCUT2D eigenvalue weighted by Crippen LogP contribution is -2.45. The van der Waals surface area contributed by atoms with Crippen molar-refractivity contribution in [3.05, 3.63) is 59.2 Å². The van der Waals surface area contributed by atoms with E-state index in [1.165, 1.54) is 48.5 Å². The number of thiophene rings is 1. The Labute approximate surface area is 190 Å². The second kappa shape index (κ2) is 7.23. The number of fused-ring (bicyclic) bond motifs is 1. The highest BCUT2D eigenvalue weighted by molar-refractivity contribution is 7.91. The summed E-state index contributed by atoms with van der Waals surface area (Å²) in [5.41, 5.74) is 0.332. The lowest BCUT2D eigenvalue weighted by atomic mass is 10.0. The van der Waals surface area contributed by atoms with E-state index in [4.69, 9.17) is 0 Å². The second-order valence-electron chi connectivity index (χ2n) is 8.51. The van der Waals surface area contributed by atoms with Gasteiger partial charge in [0.2, 0.25) is 0 Å². The number of sulfone groups is 1. The van der Waals surface area contributed by atoms with E-state index in [2.05, 4.69) is 0 Å². The molecule has 0 aliphatic carbocycles. The third-order valence-electron chi connectivity index (χ3n) is 5.03. The van der Waals surface area contributed by atoms with Gasteiger partial charge in [-0.1, -0.05) is 24.3 Å². The molecule has 2 aromatic carbocycles. The topological polar surface area (TPSA) is 88.6 Å². The Bertz CT molecular complexity index is 1450. The number of amides is 1. The minimum atomic E-state index is -4.16. The molecule has 0 bridgehead atoms. The minimum absolute atomic E-state index is 0.0847. The second-order valence-corrected chi connectivity index (χ2v) is 13.3. The number of carbonyl (C=O) groups is 1. The van der Waals surface area contributed by atoms with Crippen LogP contribution in [0.4, 0.5) is 4.39 Å². The molecule has 10 heteroatoms. The Balaban J connectivity index is 2.03. The van der Waals surface area contributed by atoms with Crippen LogP contribution >= 0.6 is 11.3 Å². The van der Waals surface area contributed by atoms with Crippen molar-refractivity contribution in [2.24, 2.45) is 0 Å². The maximum atomic E-state index is 13.5.